The van der Waals surface area contributed by atoms with Crippen LogP contribution in [0.3, 0.4) is 0 Å². The number of rotatable bonds is 1. The van der Waals surface area contributed by atoms with Crippen LogP contribution in [0.1, 0.15) is 16.2 Å². The summed E-state index contributed by atoms with van der Waals surface area (Å²) in [5, 5.41) is 0. The van der Waals surface area contributed by atoms with E-state index < -0.39 is 5.97 Å². The van der Waals surface area contributed by atoms with Crippen molar-refractivity contribution in [2.45, 2.75) is 6.92 Å². The zero-order valence-electron chi connectivity index (χ0n) is 5.74. The summed E-state index contributed by atoms with van der Waals surface area (Å²) in [6.07, 6.45) is 3.02. The quantitative estimate of drug-likeness (QED) is 0.637. The van der Waals surface area contributed by atoms with Gasteiger partial charge in [-0.2, -0.15) is 0 Å². The van der Waals surface area contributed by atoms with E-state index in [1.807, 2.05) is 6.92 Å². The molecule has 0 atom stereocenters. The highest BCUT2D eigenvalue weighted by atomic mass is 35.5. The molecule has 0 aromatic carbocycles. The minimum absolute atomic E-state index is 0.0365. The van der Waals surface area contributed by atoms with Gasteiger partial charge in [-0.3, -0.25) is 0 Å². The van der Waals surface area contributed by atoms with Crippen LogP contribution in [0.2, 0.25) is 0 Å². The van der Waals surface area contributed by atoms with Crippen molar-refractivity contribution in [2.75, 3.05) is 0 Å². The van der Waals surface area contributed by atoms with Gasteiger partial charge in [0.05, 0.1) is 0 Å². The molecule has 11 heavy (non-hydrogen) atoms. The summed E-state index contributed by atoms with van der Waals surface area (Å²) in [5.74, 6) is -0.780. The summed E-state index contributed by atoms with van der Waals surface area (Å²) in [4.78, 5) is 18.0. The predicted molar refractivity (Wildman–Crippen MR) is 38.0 cm³/mol. The number of aromatic nitrogens is 2. The van der Waals surface area contributed by atoms with Gasteiger partial charge in [-0.15, -0.1) is 0 Å². The minimum atomic E-state index is -0.744. The van der Waals surface area contributed by atoms with Crippen LogP contribution < -0.4 is 0 Å². The SMILES string of the molecule is Cc1cnc(C(=O)OCl)nc1. The highest BCUT2D eigenvalue weighted by Crippen LogP contribution is 1.96. The predicted octanol–water partition coefficient (Wildman–Crippen LogP) is 1.10. The van der Waals surface area contributed by atoms with E-state index in [0.717, 1.165) is 5.56 Å². The van der Waals surface area contributed by atoms with E-state index in [9.17, 15) is 4.79 Å². The van der Waals surface area contributed by atoms with Gasteiger partial charge in [0.25, 0.3) is 0 Å². The maximum atomic E-state index is 10.6. The average Bonchev–Trinajstić information content (AvgIpc) is 2.05. The highest BCUT2D eigenvalue weighted by molar-refractivity contribution is 6.15. The molecule has 0 N–H and O–H groups in total. The fourth-order valence-electron chi connectivity index (χ4n) is 0.532. The normalized spacial score (nSPS) is 9.27. The Kier molecular flexibility index (Phi) is 2.38. The van der Waals surface area contributed by atoms with Gasteiger partial charge in [0.2, 0.25) is 5.82 Å². The number of hydrogen-bond acceptors (Lipinski definition) is 4. The maximum Gasteiger partial charge on any atom is 0.394 e. The van der Waals surface area contributed by atoms with Gasteiger partial charge in [-0.1, -0.05) is 0 Å². The third-order valence-corrected chi connectivity index (χ3v) is 1.17. The summed E-state index contributed by atoms with van der Waals surface area (Å²) in [5.41, 5.74) is 0.871. The third kappa shape index (κ3) is 1.88. The van der Waals surface area contributed by atoms with Gasteiger partial charge in [0.1, 0.15) is 11.9 Å². The zero-order chi connectivity index (χ0) is 8.27. The molecule has 0 fully saturated rings. The van der Waals surface area contributed by atoms with Crippen molar-refractivity contribution in [1.82, 2.24) is 9.97 Å². The molecule has 0 radical (unpaired) electrons. The molecule has 0 aliphatic carbocycles. The molecule has 0 unspecified atom stereocenters. The lowest BCUT2D eigenvalue weighted by Gasteiger charge is -1.93. The Morgan fingerprint density at radius 3 is 2.55 bits per heavy atom. The monoisotopic (exact) mass is 172 g/mol. The number of carbonyl (C=O) groups is 1. The average molecular weight is 173 g/mol. The summed E-state index contributed by atoms with van der Waals surface area (Å²) in [7, 11) is 0. The molecule has 1 rings (SSSR count). The van der Waals surface area contributed by atoms with Gasteiger partial charge in [0, 0.05) is 12.4 Å². The highest BCUT2D eigenvalue weighted by Gasteiger charge is 2.08. The summed E-state index contributed by atoms with van der Waals surface area (Å²) in [6, 6.07) is 0. The zero-order valence-corrected chi connectivity index (χ0v) is 6.50. The van der Waals surface area contributed by atoms with E-state index in [0.29, 0.717) is 0 Å². The number of halogens is 1. The lowest BCUT2D eigenvalue weighted by atomic mass is 10.4. The molecule has 1 aromatic rings. The van der Waals surface area contributed by atoms with Gasteiger partial charge < -0.3 is 4.29 Å². The van der Waals surface area contributed by atoms with E-state index in [1.54, 1.807) is 0 Å². The van der Waals surface area contributed by atoms with Gasteiger partial charge >= 0.3 is 5.97 Å². The minimum Gasteiger partial charge on any atom is -0.341 e. The fourth-order valence-corrected chi connectivity index (χ4v) is 0.602. The Morgan fingerprint density at radius 1 is 1.55 bits per heavy atom. The molecule has 0 saturated heterocycles. The summed E-state index contributed by atoms with van der Waals surface area (Å²) >= 11 is 4.80. The van der Waals surface area contributed by atoms with Crippen molar-refractivity contribution in [3.63, 3.8) is 0 Å². The Morgan fingerprint density at radius 2 is 2.09 bits per heavy atom. The van der Waals surface area contributed by atoms with Crippen LogP contribution in [0.15, 0.2) is 12.4 Å². The maximum absolute atomic E-state index is 10.6. The van der Waals surface area contributed by atoms with E-state index in [2.05, 4.69) is 14.3 Å². The smallest absolute Gasteiger partial charge is 0.341 e. The van der Waals surface area contributed by atoms with Crippen LogP contribution >= 0.6 is 11.9 Å². The lowest BCUT2D eigenvalue weighted by molar-refractivity contribution is 0.0738. The molecule has 1 heterocycles. The van der Waals surface area contributed by atoms with Crippen molar-refractivity contribution in [3.05, 3.63) is 23.8 Å². The number of aryl methyl sites for hydroxylation is 1. The molecule has 0 spiro atoms. The standard InChI is InChI=1S/C6H5ClN2O2/c1-4-2-8-5(9-3-4)6(10)11-7/h2-3H,1H3. The fraction of sp³-hybridized carbons (Fsp3) is 0.167. The lowest BCUT2D eigenvalue weighted by Crippen LogP contribution is -2.04. The molecular formula is C6H5ClN2O2. The van der Waals surface area contributed by atoms with Crippen LogP contribution in [0, 0.1) is 6.92 Å². The molecule has 1 aromatic heterocycles. The first-order valence-electron chi connectivity index (χ1n) is 2.85. The van der Waals surface area contributed by atoms with Gasteiger partial charge in [-0.05, 0) is 12.5 Å². The Hall–Kier alpha value is -1.16. The molecular weight excluding hydrogens is 168 g/mol. The molecule has 0 saturated carbocycles. The Bertz CT molecular complexity index is 260. The first-order chi connectivity index (χ1) is 5.24. The van der Waals surface area contributed by atoms with E-state index in [-0.39, 0.29) is 5.82 Å². The summed E-state index contributed by atoms with van der Waals surface area (Å²) in [6.45, 7) is 1.82. The van der Waals surface area contributed by atoms with Crippen LogP contribution in [-0.2, 0) is 4.29 Å². The molecule has 58 valence electrons. The molecule has 4 nitrogen and oxygen atoms in total. The van der Waals surface area contributed by atoms with Crippen molar-refractivity contribution >= 4 is 17.8 Å². The first-order valence-corrected chi connectivity index (χ1v) is 3.16. The second kappa shape index (κ2) is 3.30. The van der Waals surface area contributed by atoms with Crippen LogP contribution in [0.4, 0.5) is 0 Å². The summed E-state index contributed by atoms with van der Waals surface area (Å²) < 4.78 is 3.88. The van der Waals surface area contributed by atoms with Gasteiger partial charge in [0.15, 0.2) is 0 Å². The van der Waals surface area contributed by atoms with Crippen molar-refractivity contribution in [2.24, 2.45) is 0 Å². The van der Waals surface area contributed by atoms with Crippen LogP contribution in [0.25, 0.3) is 0 Å². The molecule has 0 aliphatic rings. The van der Waals surface area contributed by atoms with Crippen molar-refractivity contribution in [1.29, 1.82) is 0 Å². The molecule has 0 bridgehead atoms. The molecule has 0 amide bonds. The molecule has 5 heteroatoms. The van der Waals surface area contributed by atoms with E-state index in [1.165, 1.54) is 12.4 Å². The van der Waals surface area contributed by atoms with Crippen LogP contribution in [0.5, 0.6) is 0 Å². The van der Waals surface area contributed by atoms with E-state index in [4.69, 9.17) is 11.9 Å². The second-order valence-electron chi connectivity index (χ2n) is 1.95. The first kappa shape index (κ1) is 7.94. The molecule has 0 aliphatic heterocycles. The second-order valence-corrected chi connectivity index (χ2v) is 2.10. The largest absolute Gasteiger partial charge is 0.394 e. The van der Waals surface area contributed by atoms with Crippen molar-refractivity contribution < 1.29 is 9.08 Å². The van der Waals surface area contributed by atoms with E-state index >= 15 is 0 Å². The third-order valence-electron chi connectivity index (χ3n) is 1.03. The van der Waals surface area contributed by atoms with Gasteiger partial charge in [-0.25, -0.2) is 14.8 Å². The topological polar surface area (TPSA) is 52.1 Å². The number of nitrogens with zero attached hydrogens (tertiary/aromatic N) is 2. The van der Waals surface area contributed by atoms with Crippen LogP contribution in [-0.4, -0.2) is 15.9 Å². The van der Waals surface area contributed by atoms with Crippen molar-refractivity contribution in [3.8, 4) is 0 Å². The number of carbonyl (C=O) groups excluding carboxylic acids is 1. The Labute approximate surface area is 68.4 Å². The Balaban J connectivity index is 2.90. The number of hydrogen-bond donors (Lipinski definition) is 0.